The topological polar surface area (TPSA) is 37.3 Å². The van der Waals surface area contributed by atoms with Crippen LogP contribution in [0.5, 0.6) is 0 Å². The van der Waals surface area contributed by atoms with Crippen LogP contribution < -0.4 is 0 Å². The predicted molar refractivity (Wildman–Crippen MR) is 96.0 cm³/mol. The van der Waals surface area contributed by atoms with Gasteiger partial charge in [-0.3, -0.25) is 4.79 Å². The van der Waals surface area contributed by atoms with Crippen molar-refractivity contribution in [1.29, 1.82) is 0 Å². The minimum absolute atomic E-state index is 0. The summed E-state index contributed by atoms with van der Waals surface area (Å²) >= 11 is 0. The Morgan fingerprint density at radius 1 is 0.739 bits per heavy atom. The van der Waals surface area contributed by atoms with Crippen molar-refractivity contribution in [3.63, 3.8) is 0 Å². The molecule has 126 valence electrons. The van der Waals surface area contributed by atoms with Crippen molar-refractivity contribution in [2.75, 3.05) is 0 Å². The summed E-state index contributed by atoms with van der Waals surface area (Å²) < 4.78 is 0. The monoisotopic (exact) mass is 418 g/mol. The fourth-order valence-corrected chi connectivity index (χ4v) is 1.93. The minimum Gasteiger partial charge on any atom is -0.481 e. The number of carboxylic acids is 1. The first-order valence-corrected chi connectivity index (χ1v) is 8.59. The van der Waals surface area contributed by atoms with Gasteiger partial charge in [0.25, 0.3) is 0 Å². The normalized spacial score (nSPS) is 11.9. The molecule has 3 heteroatoms. The van der Waals surface area contributed by atoms with E-state index in [1.54, 1.807) is 0 Å². The van der Waals surface area contributed by atoms with Crippen molar-refractivity contribution < 1.29 is 37.2 Å². The predicted octanol–water partition coefficient (Wildman–Crippen LogP) is 6.21. The van der Waals surface area contributed by atoms with Crippen molar-refractivity contribution >= 4 is 5.97 Å². The van der Waals surface area contributed by atoms with E-state index in [-0.39, 0.29) is 33.7 Å². The number of hydrogen-bond acceptors (Lipinski definition) is 1. The van der Waals surface area contributed by atoms with Gasteiger partial charge in [0.1, 0.15) is 0 Å². The maximum atomic E-state index is 10.3. The summed E-state index contributed by atoms with van der Waals surface area (Å²) in [4.78, 5) is 10.3. The van der Waals surface area contributed by atoms with Crippen molar-refractivity contribution in [3.05, 3.63) is 48.6 Å². The van der Waals surface area contributed by atoms with Crippen LogP contribution in [0.25, 0.3) is 0 Å². The molecular weight excluding hydrogens is 385 g/mol. The van der Waals surface area contributed by atoms with Gasteiger partial charge in [0, 0.05) is 33.7 Å². The van der Waals surface area contributed by atoms with Gasteiger partial charge in [-0.2, -0.15) is 0 Å². The molecule has 0 saturated heterocycles. The van der Waals surface area contributed by atoms with Crippen LogP contribution in [0.3, 0.4) is 0 Å². The average Bonchev–Trinajstić information content (AvgIpc) is 2.50. The zero-order valence-electron chi connectivity index (χ0n) is 14.8. The number of allylic oxidation sites excluding steroid dienone is 8. The van der Waals surface area contributed by atoms with Crippen LogP contribution in [-0.2, 0) is 32.1 Å². The Morgan fingerprint density at radius 3 is 1.61 bits per heavy atom. The van der Waals surface area contributed by atoms with Gasteiger partial charge < -0.3 is 5.11 Å². The molecular formula is C20H32CdO2. The first-order valence-electron chi connectivity index (χ1n) is 8.59. The summed E-state index contributed by atoms with van der Waals surface area (Å²) in [6.45, 7) is 2.23. The number of rotatable bonds is 14. The number of carboxylic acid groups (broad SMARTS) is 1. The number of hydrogen-bond donors (Lipinski definition) is 1. The summed E-state index contributed by atoms with van der Waals surface area (Å²) in [6, 6.07) is 0. The first-order chi connectivity index (χ1) is 10.8. The van der Waals surface area contributed by atoms with Gasteiger partial charge in [0.05, 0.1) is 0 Å². The van der Waals surface area contributed by atoms with E-state index in [4.69, 9.17) is 5.11 Å². The van der Waals surface area contributed by atoms with Crippen molar-refractivity contribution in [2.24, 2.45) is 0 Å². The van der Waals surface area contributed by atoms with E-state index < -0.39 is 5.97 Å². The Morgan fingerprint density at radius 2 is 1.17 bits per heavy atom. The molecule has 23 heavy (non-hydrogen) atoms. The Hall–Kier alpha value is -0.648. The third-order valence-electron chi connectivity index (χ3n) is 3.22. The molecule has 2 nitrogen and oxygen atoms in total. The molecule has 0 aromatic heterocycles. The average molecular weight is 417 g/mol. The molecule has 0 aliphatic heterocycles. The smallest absolute Gasteiger partial charge is 0.303 e. The molecule has 0 aliphatic rings. The van der Waals surface area contributed by atoms with E-state index in [0.29, 0.717) is 0 Å². The van der Waals surface area contributed by atoms with Crippen LogP contribution in [-0.4, -0.2) is 11.1 Å². The van der Waals surface area contributed by atoms with Gasteiger partial charge in [-0.05, 0) is 44.9 Å². The number of unbranched alkanes of at least 4 members (excludes halogenated alkanes) is 4. The van der Waals surface area contributed by atoms with Gasteiger partial charge in [0.2, 0.25) is 0 Å². The van der Waals surface area contributed by atoms with Gasteiger partial charge in [-0.25, -0.2) is 0 Å². The molecule has 0 rings (SSSR count). The second kappa shape index (κ2) is 21.4. The minimum atomic E-state index is -0.712. The molecule has 0 saturated carbocycles. The maximum absolute atomic E-state index is 10.3. The molecule has 0 aromatic rings. The maximum Gasteiger partial charge on any atom is 0.303 e. The Labute approximate surface area is 162 Å². The summed E-state index contributed by atoms with van der Waals surface area (Å²) in [5.74, 6) is -0.712. The van der Waals surface area contributed by atoms with Gasteiger partial charge >= 0.3 is 5.97 Å². The standard InChI is InChI=1S/C20H32O2.Cd/c1-2-3-4-5-6-7-8-9-10-11-12-13-14-15-16-17-18-19-20(21)22;/h6-7,9-10,12-13,15-16H,2-5,8,11,14,17-19H2,1H3,(H,21,22);/b7-6-,10-9-,13-12-,16-15-;. The molecule has 0 radical (unpaired) electrons. The van der Waals surface area contributed by atoms with Gasteiger partial charge in [0.15, 0.2) is 0 Å². The third-order valence-corrected chi connectivity index (χ3v) is 3.22. The molecule has 0 bridgehead atoms. The summed E-state index contributed by atoms with van der Waals surface area (Å²) in [5, 5.41) is 8.49. The van der Waals surface area contributed by atoms with Crippen LogP contribution in [0.4, 0.5) is 0 Å². The molecule has 0 amide bonds. The van der Waals surface area contributed by atoms with Gasteiger partial charge in [-0.15, -0.1) is 0 Å². The quantitative estimate of drug-likeness (QED) is 0.207. The van der Waals surface area contributed by atoms with E-state index >= 15 is 0 Å². The fraction of sp³-hybridized carbons (Fsp3) is 0.550. The van der Waals surface area contributed by atoms with Crippen molar-refractivity contribution in [2.45, 2.75) is 71.1 Å². The molecule has 1 N–H and O–H groups in total. The molecule has 0 unspecified atom stereocenters. The van der Waals surface area contributed by atoms with E-state index in [2.05, 4.69) is 55.5 Å². The first kappa shape index (κ1) is 24.6. The largest absolute Gasteiger partial charge is 0.481 e. The molecule has 0 heterocycles. The molecule has 0 atom stereocenters. The Balaban J connectivity index is 0. The van der Waals surface area contributed by atoms with Crippen LogP contribution in [0, 0.1) is 0 Å². The molecule has 0 spiro atoms. The van der Waals surface area contributed by atoms with E-state index in [0.717, 1.165) is 32.1 Å². The van der Waals surface area contributed by atoms with E-state index in [1.165, 1.54) is 25.7 Å². The number of aliphatic carboxylic acids is 1. The molecule has 0 aliphatic carbocycles. The number of carbonyl (C=O) groups is 1. The summed E-state index contributed by atoms with van der Waals surface area (Å²) in [7, 11) is 0. The third kappa shape index (κ3) is 23.7. The molecule has 0 fully saturated rings. The van der Waals surface area contributed by atoms with Crippen molar-refractivity contribution in [1.82, 2.24) is 0 Å². The summed E-state index contributed by atoms with van der Waals surface area (Å²) in [6.07, 6.45) is 27.3. The van der Waals surface area contributed by atoms with Crippen LogP contribution in [0.2, 0.25) is 0 Å². The second-order valence-electron chi connectivity index (χ2n) is 5.37. The summed E-state index contributed by atoms with van der Waals surface area (Å²) in [5.41, 5.74) is 0. The zero-order valence-corrected chi connectivity index (χ0v) is 18.8. The fourth-order valence-electron chi connectivity index (χ4n) is 1.93. The van der Waals surface area contributed by atoms with E-state index in [9.17, 15) is 4.79 Å². The Bertz CT molecular complexity index is 368. The van der Waals surface area contributed by atoms with Gasteiger partial charge in [-0.1, -0.05) is 68.4 Å². The molecule has 0 aromatic carbocycles. The zero-order chi connectivity index (χ0) is 16.3. The van der Waals surface area contributed by atoms with Crippen LogP contribution in [0.15, 0.2) is 48.6 Å². The van der Waals surface area contributed by atoms with Crippen molar-refractivity contribution in [3.8, 4) is 0 Å². The van der Waals surface area contributed by atoms with Crippen LogP contribution >= 0.6 is 0 Å². The second-order valence-corrected chi connectivity index (χ2v) is 5.37. The SMILES string of the molecule is CCCCC/C=C\C/C=C\C/C=C\C/C=C\CCCC(=O)O.[Cd]. The van der Waals surface area contributed by atoms with Crippen LogP contribution in [0.1, 0.15) is 71.1 Å². The van der Waals surface area contributed by atoms with E-state index in [1.807, 2.05) is 0 Å². The Kier molecular flexibility index (Phi) is 22.8.